The van der Waals surface area contributed by atoms with Crippen LogP contribution in [0.25, 0.3) is 28.2 Å². The van der Waals surface area contributed by atoms with Gasteiger partial charge in [-0.3, -0.25) is 14.5 Å². The summed E-state index contributed by atoms with van der Waals surface area (Å²) in [6.45, 7) is 5.41. The SMILES string of the molecule is CCN(CC)c1ccc2cc(-c3ccc(/C=C4/SC(=S)N(CC(=O)O)C4=O)cc3)c(=O)oc2c1. The standard InChI is InChI=1S/C25H22N2O5S2/c1-3-26(4-2)18-10-9-17-12-19(24(31)32-20(17)13-18)16-7-5-15(6-8-16)11-21-23(30)27(14-22(28)29)25(33)34-21/h5-13H,3-4,14H2,1-2H3,(H,28,29)/b21-11+. The summed E-state index contributed by atoms with van der Waals surface area (Å²) in [7, 11) is 0. The summed E-state index contributed by atoms with van der Waals surface area (Å²) < 4.78 is 5.84. The molecular weight excluding hydrogens is 472 g/mol. The van der Waals surface area contributed by atoms with Crippen LogP contribution in [0.5, 0.6) is 0 Å². The number of fused-ring (bicyclic) bond motifs is 1. The van der Waals surface area contributed by atoms with Crippen molar-refractivity contribution >= 4 is 62.9 Å². The lowest BCUT2D eigenvalue weighted by atomic mass is 10.0. The van der Waals surface area contributed by atoms with Crippen molar-refractivity contribution in [3.8, 4) is 11.1 Å². The number of benzene rings is 2. The molecule has 0 unspecified atom stereocenters. The summed E-state index contributed by atoms with van der Waals surface area (Å²) >= 11 is 6.19. The van der Waals surface area contributed by atoms with Crippen LogP contribution in [0.3, 0.4) is 0 Å². The quantitative estimate of drug-likeness (QED) is 0.290. The molecule has 0 saturated carbocycles. The van der Waals surface area contributed by atoms with E-state index in [1.807, 2.05) is 24.3 Å². The van der Waals surface area contributed by atoms with Crippen molar-refractivity contribution in [3.05, 3.63) is 69.4 Å². The van der Waals surface area contributed by atoms with Crippen LogP contribution in [-0.4, -0.2) is 45.8 Å². The minimum atomic E-state index is -1.12. The third kappa shape index (κ3) is 4.76. The van der Waals surface area contributed by atoms with E-state index in [2.05, 4.69) is 18.7 Å². The second-order valence-electron chi connectivity index (χ2n) is 7.63. The number of anilines is 1. The van der Waals surface area contributed by atoms with Gasteiger partial charge in [-0.1, -0.05) is 48.2 Å². The van der Waals surface area contributed by atoms with Gasteiger partial charge < -0.3 is 14.4 Å². The molecule has 9 heteroatoms. The molecule has 3 aromatic rings. The Bertz CT molecular complexity index is 1370. The van der Waals surface area contributed by atoms with Crippen LogP contribution in [0.1, 0.15) is 19.4 Å². The van der Waals surface area contributed by atoms with Crippen LogP contribution in [0.2, 0.25) is 0 Å². The number of hydrogen-bond acceptors (Lipinski definition) is 7. The van der Waals surface area contributed by atoms with Gasteiger partial charge in [0.1, 0.15) is 16.4 Å². The molecule has 1 aliphatic heterocycles. The molecule has 0 bridgehead atoms. The smallest absolute Gasteiger partial charge is 0.344 e. The van der Waals surface area contributed by atoms with E-state index < -0.39 is 24.0 Å². The molecule has 2 aromatic carbocycles. The number of carbonyl (C=O) groups excluding carboxylic acids is 1. The lowest BCUT2D eigenvalue weighted by Crippen LogP contribution is -2.33. The predicted octanol–water partition coefficient (Wildman–Crippen LogP) is 4.59. The van der Waals surface area contributed by atoms with Gasteiger partial charge in [0.2, 0.25) is 0 Å². The molecular formula is C25H22N2O5S2. The molecule has 2 heterocycles. The molecule has 1 N–H and O–H groups in total. The highest BCUT2D eigenvalue weighted by Crippen LogP contribution is 2.33. The van der Waals surface area contributed by atoms with Gasteiger partial charge in [-0.25, -0.2) is 4.79 Å². The highest BCUT2D eigenvalue weighted by Gasteiger charge is 2.33. The Kier molecular flexibility index (Phi) is 6.85. The normalized spacial score (nSPS) is 14.9. The first-order valence-corrected chi connectivity index (χ1v) is 11.9. The molecule has 0 spiro atoms. The van der Waals surface area contributed by atoms with E-state index in [1.54, 1.807) is 30.3 Å². The molecule has 7 nitrogen and oxygen atoms in total. The Balaban J connectivity index is 1.60. The Labute approximate surface area is 205 Å². The summed E-state index contributed by atoms with van der Waals surface area (Å²) in [6, 6.07) is 14.8. The number of nitrogens with zero attached hydrogens (tertiary/aromatic N) is 2. The third-order valence-electron chi connectivity index (χ3n) is 5.53. The van der Waals surface area contributed by atoms with E-state index in [1.165, 1.54) is 0 Å². The maximum absolute atomic E-state index is 12.7. The summed E-state index contributed by atoms with van der Waals surface area (Å²) in [6.07, 6.45) is 1.66. The molecule has 1 saturated heterocycles. The second kappa shape index (κ2) is 9.82. The minimum Gasteiger partial charge on any atom is -0.480 e. The minimum absolute atomic E-state index is 0.216. The van der Waals surface area contributed by atoms with Crippen molar-refractivity contribution in [3.63, 3.8) is 0 Å². The van der Waals surface area contributed by atoms with Gasteiger partial charge in [-0.05, 0) is 49.2 Å². The maximum Gasteiger partial charge on any atom is 0.344 e. The predicted molar refractivity (Wildman–Crippen MR) is 139 cm³/mol. The van der Waals surface area contributed by atoms with Crippen LogP contribution in [0, 0.1) is 0 Å². The Hall–Kier alpha value is -3.43. The Morgan fingerprint density at radius 1 is 1.12 bits per heavy atom. The van der Waals surface area contributed by atoms with Gasteiger partial charge in [0, 0.05) is 30.2 Å². The number of carboxylic acid groups (broad SMARTS) is 1. The van der Waals surface area contributed by atoms with E-state index >= 15 is 0 Å². The van der Waals surface area contributed by atoms with Gasteiger partial charge in [0.15, 0.2) is 0 Å². The average molecular weight is 495 g/mol. The first kappa shape index (κ1) is 23.7. The summed E-state index contributed by atoms with van der Waals surface area (Å²) in [5.41, 5.74) is 2.99. The number of hydrogen-bond donors (Lipinski definition) is 1. The monoisotopic (exact) mass is 494 g/mol. The van der Waals surface area contributed by atoms with Crippen molar-refractivity contribution < 1.29 is 19.1 Å². The number of carboxylic acids is 1. The molecule has 1 amide bonds. The number of thioether (sulfide) groups is 1. The largest absolute Gasteiger partial charge is 0.480 e. The molecule has 0 aliphatic carbocycles. The van der Waals surface area contributed by atoms with Crippen LogP contribution < -0.4 is 10.5 Å². The van der Waals surface area contributed by atoms with Crippen molar-refractivity contribution in [2.75, 3.05) is 24.5 Å². The lowest BCUT2D eigenvalue weighted by Gasteiger charge is -2.21. The van der Waals surface area contributed by atoms with Gasteiger partial charge in [0.05, 0.1) is 10.5 Å². The molecule has 0 radical (unpaired) electrons. The number of rotatable bonds is 7. The van der Waals surface area contributed by atoms with Crippen LogP contribution in [0.4, 0.5) is 5.69 Å². The van der Waals surface area contributed by atoms with E-state index in [9.17, 15) is 14.4 Å². The number of aliphatic carboxylic acids is 1. The number of thiocarbonyl (C=S) groups is 1. The molecule has 1 fully saturated rings. The summed E-state index contributed by atoms with van der Waals surface area (Å²) in [5.74, 6) is -1.55. The highest BCUT2D eigenvalue weighted by atomic mass is 32.2. The molecule has 174 valence electrons. The zero-order valence-electron chi connectivity index (χ0n) is 18.6. The molecule has 4 rings (SSSR count). The molecule has 1 aromatic heterocycles. The van der Waals surface area contributed by atoms with Crippen LogP contribution >= 0.6 is 24.0 Å². The van der Waals surface area contributed by atoms with Crippen LogP contribution in [-0.2, 0) is 9.59 Å². The van der Waals surface area contributed by atoms with E-state index in [4.69, 9.17) is 21.7 Å². The molecule has 0 atom stereocenters. The van der Waals surface area contributed by atoms with Crippen molar-refractivity contribution in [1.82, 2.24) is 4.90 Å². The zero-order valence-corrected chi connectivity index (χ0v) is 20.2. The fourth-order valence-corrected chi connectivity index (χ4v) is 5.02. The second-order valence-corrected chi connectivity index (χ2v) is 9.30. The third-order valence-corrected chi connectivity index (χ3v) is 6.91. The van der Waals surface area contributed by atoms with E-state index in [-0.39, 0.29) is 4.32 Å². The number of amides is 1. The van der Waals surface area contributed by atoms with Crippen LogP contribution in [0.15, 0.2) is 62.6 Å². The van der Waals surface area contributed by atoms with Gasteiger partial charge >= 0.3 is 11.6 Å². The Morgan fingerprint density at radius 3 is 2.47 bits per heavy atom. The average Bonchev–Trinajstić information content (AvgIpc) is 3.07. The fourth-order valence-electron chi connectivity index (χ4n) is 3.77. The lowest BCUT2D eigenvalue weighted by molar-refractivity contribution is -0.140. The van der Waals surface area contributed by atoms with Crippen molar-refractivity contribution in [1.29, 1.82) is 0 Å². The van der Waals surface area contributed by atoms with E-state index in [0.29, 0.717) is 21.6 Å². The maximum atomic E-state index is 12.7. The topological polar surface area (TPSA) is 91.1 Å². The van der Waals surface area contributed by atoms with Crippen molar-refractivity contribution in [2.45, 2.75) is 13.8 Å². The van der Waals surface area contributed by atoms with Gasteiger partial charge in [-0.15, -0.1) is 0 Å². The zero-order chi connectivity index (χ0) is 24.4. The molecule has 34 heavy (non-hydrogen) atoms. The molecule has 1 aliphatic rings. The van der Waals surface area contributed by atoms with Gasteiger partial charge in [0.25, 0.3) is 5.91 Å². The number of carbonyl (C=O) groups is 2. The Morgan fingerprint density at radius 2 is 1.82 bits per heavy atom. The fraction of sp³-hybridized carbons (Fsp3) is 0.200. The first-order chi connectivity index (χ1) is 16.3. The van der Waals surface area contributed by atoms with E-state index in [0.717, 1.165) is 46.4 Å². The van der Waals surface area contributed by atoms with Crippen molar-refractivity contribution in [2.24, 2.45) is 0 Å². The summed E-state index contributed by atoms with van der Waals surface area (Å²) in [5, 5.41) is 9.79. The van der Waals surface area contributed by atoms with Gasteiger partial charge in [-0.2, -0.15) is 0 Å². The summed E-state index contributed by atoms with van der Waals surface area (Å²) in [4.78, 5) is 39.7. The first-order valence-electron chi connectivity index (χ1n) is 10.7. The highest BCUT2D eigenvalue weighted by molar-refractivity contribution is 8.26.